The summed E-state index contributed by atoms with van der Waals surface area (Å²) in [6.45, 7) is 7.55. The lowest BCUT2D eigenvalue weighted by atomic mass is 9.82. The lowest BCUT2D eigenvalue weighted by Crippen LogP contribution is -2.44. The third-order valence-electron chi connectivity index (χ3n) is 8.48. The van der Waals surface area contributed by atoms with E-state index in [0.717, 1.165) is 35.3 Å². The molecule has 0 aliphatic carbocycles. The Hall–Kier alpha value is -3.82. The fraction of sp³-hybridized carbons (Fsp3) is 0.419. The van der Waals surface area contributed by atoms with Gasteiger partial charge in [0.1, 0.15) is 11.8 Å². The number of piperidine rings is 1. The topological polar surface area (TPSA) is 101 Å². The lowest BCUT2D eigenvalue weighted by molar-refractivity contribution is -0.145. The van der Waals surface area contributed by atoms with Crippen LogP contribution in [0.15, 0.2) is 67.4 Å². The van der Waals surface area contributed by atoms with E-state index in [0.29, 0.717) is 44.6 Å². The van der Waals surface area contributed by atoms with E-state index in [9.17, 15) is 14.7 Å². The average molecular weight is 542 g/mol. The number of hydrogen-bond donors (Lipinski definition) is 1. The molecule has 3 aliphatic heterocycles. The lowest BCUT2D eigenvalue weighted by Gasteiger charge is -2.30. The molecule has 2 aromatic carbocycles. The minimum Gasteiger partial charge on any atom is -0.382 e. The van der Waals surface area contributed by atoms with Crippen molar-refractivity contribution >= 4 is 23.2 Å². The predicted octanol–water partition coefficient (Wildman–Crippen LogP) is 4.12. The van der Waals surface area contributed by atoms with Crippen molar-refractivity contribution < 1.29 is 19.4 Å². The van der Waals surface area contributed by atoms with Crippen LogP contribution in [0.4, 0.5) is 11.4 Å². The van der Waals surface area contributed by atoms with E-state index in [1.165, 1.54) is 0 Å². The second-order valence-electron chi connectivity index (χ2n) is 11.0. The third kappa shape index (κ3) is 4.43. The number of hydrogen-bond acceptors (Lipinski definition) is 6. The van der Waals surface area contributed by atoms with E-state index >= 15 is 0 Å². The summed E-state index contributed by atoms with van der Waals surface area (Å²) < 4.78 is 8.43. The molecule has 0 unspecified atom stereocenters. The molecular formula is C31H35N5O4. The van der Waals surface area contributed by atoms with Crippen LogP contribution in [0.2, 0.25) is 0 Å². The Balaban J connectivity index is 1.22. The molecule has 40 heavy (non-hydrogen) atoms. The van der Waals surface area contributed by atoms with Crippen LogP contribution in [0, 0.1) is 5.92 Å². The number of amides is 2. The minimum absolute atomic E-state index is 0.0583. The highest BCUT2D eigenvalue weighted by Gasteiger charge is 2.60. The van der Waals surface area contributed by atoms with Crippen LogP contribution in [-0.2, 0) is 26.5 Å². The zero-order valence-corrected chi connectivity index (χ0v) is 22.8. The predicted molar refractivity (Wildman–Crippen MR) is 151 cm³/mol. The summed E-state index contributed by atoms with van der Waals surface area (Å²) in [5.41, 5.74) is 2.62. The maximum Gasteiger partial charge on any atom is 0.264 e. The van der Waals surface area contributed by atoms with Crippen LogP contribution in [0.1, 0.15) is 62.0 Å². The Morgan fingerprint density at radius 2 is 2.02 bits per heavy atom. The second-order valence-corrected chi connectivity index (χ2v) is 11.0. The molecule has 2 fully saturated rings. The van der Waals surface area contributed by atoms with Crippen LogP contribution in [0.3, 0.4) is 0 Å². The smallest absolute Gasteiger partial charge is 0.264 e. The molecule has 2 amide bonds. The van der Waals surface area contributed by atoms with Gasteiger partial charge in [-0.15, -0.1) is 11.7 Å². The number of carbonyl (C=O) groups is 2. The molecule has 0 bridgehead atoms. The summed E-state index contributed by atoms with van der Waals surface area (Å²) in [4.78, 5) is 30.2. The molecule has 4 atom stereocenters. The quantitative estimate of drug-likeness (QED) is 0.431. The SMILES string of the molecule is C=CCN1C(=O)[C@]2(O[C@H](CCn3cc([C@H](O)c4ccccc4)nn3)C[C@@H]2C)c2cc(N3CCCCC3=O)ccc21. The molecule has 6 rings (SSSR count). The molecule has 3 aliphatic rings. The van der Waals surface area contributed by atoms with E-state index in [1.54, 1.807) is 21.9 Å². The fourth-order valence-electron chi connectivity index (χ4n) is 6.42. The number of nitrogens with zero attached hydrogens (tertiary/aromatic N) is 5. The number of anilines is 2. The molecule has 1 aromatic heterocycles. The molecule has 1 spiro atoms. The Morgan fingerprint density at radius 1 is 1.20 bits per heavy atom. The first-order valence-electron chi connectivity index (χ1n) is 14.1. The maximum absolute atomic E-state index is 14.0. The summed E-state index contributed by atoms with van der Waals surface area (Å²) in [6.07, 6.45) is 6.27. The molecule has 9 nitrogen and oxygen atoms in total. The van der Waals surface area contributed by atoms with Crippen LogP contribution in [-0.4, -0.2) is 51.1 Å². The number of rotatable bonds is 8. The molecule has 0 radical (unpaired) electrons. The number of fused-ring (bicyclic) bond motifs is 2. The summed E-state index contributed by atoms with van der Waals surface area (Å²) in [6, 6.07) is 15.3. The van der Waals surface area contributed by atoms with Crippen LogP contribution >= 0.6 is 0 Å². The van der Waals surface area contributed by atoms with Gasteiger partial charge in [-0.1, -0.05) is 48.5 Å². The highest BCUT2D eigenvalue weighted by atomic mass is 16.5. The van der Waals surface area contributed by atoms with E-state index < -0.39 is 11.7 Å². The van der Waals surface area contributed by atoms with Crippen molar-refractivity contribution in [1.29, 1.82) is 0 Å². The molecule has 2 saturated heterocycles. The standard InChI is InChI=1S/C31H35N5O4/c1-3-15-36-27-13-12-23(35-16-8-7-11-28(35)37)19-25(27)31(30(36)39)21(2)18-24(40-31)14-17-34-20-26(32-33-34)29(38)22-9-5-4-6-10-22/h3-6,9-10,12-13,19-21,24,29,38H,1,7-8,11,14-18H2,2H3/t21-,24+,29+,31+/m0/s1. The zero-order valence-electron chi connectivity index (χ0n) is 22.8. The van der Waals surface area contributed by atoms with Crippen molar-refractivity contribution in [2.45, 2.75) is 63.4 Å². The normalized spacial score (nSPS) is 25.1. The van der Waals surface area contributed by atoms with Crippen molar-refractivity contribution in [3.8, 4) is 0 Å². The number of aryl methyl sites for hydroxylation is 1. The minimum atomic E-state index is -1.10. The Bertz CT molecular complexity index is 1420. The molecule has 1 N–H and O–H groups in total. The van der Waals surface area contributed by atoms with Crippen molar-refractivity contribution in [2.24, 2.45) is 5.92 Å². The average Bonchev–Trinajstić information content (AvgIpc) is 3.65. The van der Waals surface area contributed by atoms with E-state index in [2.05, 4.69) is 23.8 Å². The van der Waals surface area contributed by atoms with E-state index in [-0.39, 0.29) is 23.8 Å². The second kappa shape index (κ2) is 10.6. The van der Waals surface area contributed by atoms with Gasteiger partial charge >= 0.3 is 0 Å². The van der Waals surface area contributed by atoms with Crippen molar-refractivity contribution in [3.63, 3.8) is 0 Å². The van der Waals surface area contributed by atoms with Gasteiger partial charge < -0.3 is 19.6 Å². The number of aromatic nitrogens is 3. The van der Waals surface area contributed by atoms with Crippen molar-refractivity contribution in [1.82, 2.24) is 15.0 Å². The summed E-state index contributed by atoms with van der Waals surface area (Å²) in [5, 5.41) is 19.1. The van der Waals surface area contributed by atoms with Gasteiger partial charge in [0.25, 0.3) is 5.91 Å². The summed E-state index contributed by atoms with van der Waals surface area (Å²) in [5.74, 6) is -0.0130. The highest BCUT2D eigenvalue weighted by Crippen LogP contribution is 2.54. The summed E-state index contributed by atoms with van der Waals surface area (Å²) in [7, 11) is 0. The van der Waals surface area contributed by atoms with Gasteiger partial charge in [-0.3, -0.25) is 14.3 Å². The van der Waals surface area contributed by atoms with Crippen LogP contribution in [0.25, 0.3) is 0 Å². The molecule has 208 valence electrons. The molecule has 0 saturated carbocycles. The first-order valence-corrected chi connectivity index (χ1v) is 14.1. The number of aliphatic hydroxyl groups excluding tert-OH is 1. The number of carbonyl (C=O) groups excluding carboxylic acids is 2. The van der Waals surface area contributed by atoms with E-state index in [4.69, 9.17) is 4.74 Å². The maximum atomic E-state index is 14.0. The van der Waals surface area contributed by atoms with Crippen molar-refractivity contribution in [3.05, 3.63) is 84.2 Å². The first-order chi connectivity index (χ1) is 19.4. The third-order valence-corrected chi connectivity index (χ3v) is 8.48. The monoisotopic (exact) mass is 541 g/mol. The van der Waals surface area contributed by atoms with E-state index in [1.807, 2.05) is 53.4 Å². The first kappa shape index (κ1) is 26.4. The van der Waals surface area contributed by atoms with Crippen LogP contribution < -0.4 is 9.80 Å². The summed E-state index contributed by atoms with van der Waals surface area (Å²) >= 11 is 0. The number of benzene rings is 2. The molecule has 4 heterocycles. The zero-order chi connectivity index (χ0) is 27.9. The van der Waals surface area contributed by atoms with Gasteiger partial charge in [-0.05, 0) is 49.4 Å². The van der Waals surface area contributed by atoms with Crippen molar-refractivity contribution in [2.75, 3.05) is 22.9 Å². The van der Waals surface area contributed by atoms with Crippen LogP contribution in [0.5, 0.6) is 0 Å². The fourth-order valence-corrected chi connectivity index (χ4v) is 6.42. The number of aliphatic hydroxyl groups is 1. The molecular weight excluding hydrogens is 506 g/mol. The van der Waals surface area contributed by atoms with Gasteiger partial charge in [0.05, 0.1) is 18.0 Å². The van der Waals surface area contributed by atoms with Gasteiger partial charge in [-0.25, -0.2) is 0 Å². The molecule has 9 heteroatoms. The largest absolute Gasteiger partial charge is 0.382 e. The van der Waals surface area contributed by atoms with Gasteiger partial charge in [-0.2, -0.15) is 0 Å². The number of ether oxygens (including phenoxy) is 1. The Kier molecular flexibility index (Phi) is 7.02. The highest BCUT2D eigenvalue weighted by molar-refractivity contribution is 6.08. The van der Waals surface area contributed by atoms with Gasteiger partial charge in [0.15, 0.2) is 5.60 Å². The van der Waals surface area contributed by atoms with Gasteiger partial charge in [0.2, 0.25) is 5.91 Å². The van der Waals surface area contributed by atoms with Gasteiger partial charge in [0, 0.05) is 43.2 Å². The Morgan fingerprint density at radius 3 is 2.80 bits per heavy atom. The molecule has 3 aromatic rings. The Labute approximate surface area is 234 Å².